The van der Waals surface area contributed by atoms with Gasteiger partial charge in [-0.15, -0.1) is 0 Å². The van der Waals surface area contributed by atoms with Gasteiger partial charge in [0.05, 0.1) is 0 Å². The lowest BCUT2D eigenvalue weighted by Crippen LogP contribution is -2.12. The van der Waals surface area contributed by atoms with E-state index >= 15 is 0 Å². The molecule has 2 aromatic carbocycles. The van der Waals surface area contributed by atoms with Crippen molar-refractivity contribution >= 4 is 17.9 Å². The number of ether oxygens (including phenoxy) is 1. The molecule has 8 nitrogen and oxygen atoms in total. The van der Waals surface area contributed by atoms with Crippen LogP contribution in [0.15, 0.2) is 36.4 Å². The fourth-order valence-corrected chi connectivity index (χ4v) is 2.22. The average molecular weight is 346 g/mol. The van der Waals surface area contributed by atoms with Crippen LogP contribution in [0.2, 0.25) is 0 Å². The van der Waals surface area contributed by atoms with Gasteiger partial charge in [0, 0.05) is 0 Å². The Morgan fingerprint density at radius 3 is 1.96 bits per heavy atom. The van der Waals surface area contributed by atoms with Crippen molar-refractivity contribution in [2.75, 3.05) is 6.61 Å². The molecule has 0 aliphatic carbocycles. The zero-order chi connectivity index (χ0) is 18.6. The monoisotopic (exact) mass is 346 g/mol. The minimum Gasteiger partial charge on any atom is -0.507 e. The third kappa shape index (κ3) is 4.47. The molecule has 0 unspecified atom stereocenters. The third-order valence-electron chi connectivity index (χ3n) is 3.33. The molecule has 0 spiro atoms. The predicted molar refractivity (Wildman–Crippen MR) is 84.4 cm³/mol. The molecule has 0 aliphatic rings. The van der Waals surface area contributed by atoms with Crippen LogP contribution in [-0.4, -0.2) is 44.9 Å². The van der Waals surface area contributed by atoms with E-state index in [9.17, 15) is 24.6 Å². The summed E-state index contributed by atoms with van der Waals surface area (Å²) in [6, 6.07) is 8.30. The lowest BCUT2D eigenvalue weighted by molar-refractivity contribution is -0.139. The van der Waals surface area contributed by atoms with Crippen LogP contribution >= 0.6 is 0 Å². The summed E-state index contributed by atoms with van der Waals surface area (Å²) in [5.74, 6) is -4.22. The molecule has 2 rings (SSSR count). The Hall–Kier alpha value is -3.55. The molecule has 0 radical (unpaired) electrons. The highest BCUT2D eigenvalue weighted by atomic mass is 16.5. The molecule has 0 amide bonds. The Morgan fingerprint density at radius 1 is 0.840 bits per heavy atom. The maximum atomic E-state index is 11.3. The second-order valence-corrected chi connectivity index (χ2v) is 5.15. The zero-order valence-corrected chi connectivity index (χ0v) is 12.8. The molecular weight excluding hydrogens is 332 g/mol. The number of rotatable bonds is 7. The standard InChI is InChI=1S/C17H14O8/c18-13-3-1-9(6-11(13)16(21)22)5-10-2-4-14(25-8-15(19)20)12(7-10)17(23)24/h1-4,6-7,18H,5,8H2,(H,19,20)(H,21,22)(H,23,24). The quantitative estimate of drug-likeness (QED) is 0.595. The Kier molecular flexibility index (Phi) is 5.23. The normalized spacial score (nSPS) is 10.2. The number of carboxylic acids is 3. The first-order chi connectivity index (χ1) is 11.8. The summed E-state index contributed by atoms with van der Waals surface area (Å²) in [5.41, 5.74) is 0.668. The molecule has 8 heteroatoms. The molecule has 0 heterocycles. The number of benzene rings is 2. The van der Waals surface area contributed by atoms with Gasteiger partial charge in [0.15, 0.2) is 6.61 Å². The molecule has 25 heavy (non-hydrogen) atoms. The number of carbonyl (C=O) groups is 3. The molecule has 2 aromatic rings. The summed E-state index contributed by atoms with van der Waals surface area (Å²) in [4.78, 5) is 32.9. The topological polar surface area (TPSA) is 141 Å². The van der Waals surface area contributed by atoms with Gasteiger partial charge in [0.2, 0.25) is 0 Å². The van der Waals surface area contributed by atoms with E-state index in [0.717, 1.165) is 0 Å². The summed E-state index contributed by atoms with van der Waals surface area (Å²) < 4.78 is 4.94. The van der Waals surface area contributed by atoms with Gasteiger partial charge in [-0.3, -0.25) is 0 Å². The fourth-order valence-electron chi connectivity index (χ4n) is 2.22. The van der Waals surface area contributed by atoms with Crippen molar-refractivity contribution in [3.63, 3.8) is 0 Å². The van der Waals surface area contributed by atoms with Crippen molar-refractivity contribution in [2.24, 2.45) is 0 Å². The zero-order valence-electron chi connectivity index (χ0n) is 12.8. The van der Waals surface area contributed by atoms with Gasteiger partial charge >= 0.3 is 17.9 Å². The molecule has 4 N–H and O–H groups in total. The maximum Gasteiger partial charge on any atom is 0.341 e. The summed E-state index contributed by atoms with van der Waals surface area (Å²) in [6.45, 7) is -0.667. The Bertz CT molecular complexity index is 841. The van der Waals surface area contributed by atoms with E-state index in [1.54, 1.807) is 6.07 Å². The van der Waals surface area contributed by atoms with E-state index < -0.39 is 24.5 Å². The van der Waals surface area contributed by atoms with Gasteiger partial charge in [0.25, 0.3) is 0 Å². The average Bonchev–Trinajstić information content (AvgIpc) is 2.54. The van der Waals surface area contributed by atoms with Gasteiger partial charge in [-0.1, -0.05) is 12.1 Å². The molecule has 0 aromatic heterocycles. The predicted octanol–water partition coefficient (Wildman–Crippen LogP) is 1.84. The molecule has 0 aliphatic heterocycles. The van der Waals surface area contributed by atoms with Crippen molar-refractivity contribution in [2.45, 2.75) is 6.42 Å². The first-order valence-electron chi connectivity index (χ1n) is 7.04. The summed E-state index contributed by atoms with van der Waals surface area (Å²) in [5, 5.41) is 36.4. The Labute approximate surface area is 141 Å². The molecule has 0 saturated heterocycles. The SMILES string of the molecule is O=C(O)COc1ccc(Cc2ccc(O)c(C(=O)O)c2)cc1C(=O)O. The number of hydrogen-bond donors (Lipinski definition) is 4. The van der Waals surface area contributed by atoms with Gasteiger partial charge < -0.3 is 25.2 Å². The van der Waals surface area contributed by atoms with Crippen LogP contribution in [0.3, 0.4) is 0 Å². The maximum absolute atomic E-state index is 11.3. The molecular formula is C17H14O8. The van der Waals surface area contributed by atoms with E-state index in [2.05, 4.69) is 0 Å². The first-order valence-corrected chi connectivity index (χ1v) is 7.04. The summed E-state index contributed by atoms with van der Waals surface area (Å²) >= 11 is 0. The Morgan fingerprint density at radius 2 is 1.40 bits per heavy atom. The summed E-state index contributed by atoms with van der Waals surface area (Å²) in [6.07, 6.45) is 0.222. The second-order valence-electron chi connectivity index (χ2n) is 5.15. The van der Waals surface area contributed by atoms with E-state index in [1.807, 2.05) is 0 Å². The number of carboxylic acid groups (broad SMARTS) is 3. The van der Waals surface area contributed by atoms with Crippen molar-refractivity contribution < 1.29 is 39.5 Å². The van der Waals surface area contributed by atoms with E-state index in [-0.39, 0.29) is 29.0 Å². The number of aliphatic carboxylic acids is 1. The minimum absolute atomic E-state index is 0.0735. The van der Waals surface area contributed by atoms with Crippen molar-refractivity contribution in [3.8, 4) is 11.5 Å². The number of aromatic hydroxyl groups is 1. The largest absolute Gasteiger partial charge is 0.507 e. The van der Waals surface area contributed by atoms with Crippen LogP contribution < -0.4 is 4.74 Å². The van der Waals surface area contributed by atoms with E-state index in [0.29, 0.717) is 11.1 Å². The smallest absolute Gasteiger partial charge is 0.341 e. The lowest BCUT2D eigenvalue weighted by Gasteiger charge is -2.10. The second kappa shape index (κ2) is 7.35. The van der Waals surface area contributed by atoms with Gasteiger partial charge in [-0.05, 0) is 41.8 Å². The Balaban J connectivity index is 2.30. The van der Waals surface area contributed by atoms with Crippen molar-refractivity contribution in [3.05, 3.63) is 58.7 Å². The van der Waals surface area contributed by atoms with Gasteiger partial charge in [0.1, 0.15) is 22.6 Å². The van der Waals surface area contributed by atoms with E-state index in [4.69, 9.17) is 14.9 Å². The first kappa shape index (κ1) is 17.8. The highest BCUT2D eigenvalue weighted by Crippen LogP contribution is 2.24. The molecule has 130 valence electrons. The molecule has 0 atom stereocenters. The van der Waals surface area contributed by atoms with Gasteiger partial charge in [-0.2, -0.15) is 0 Å². The highest BCUT2D eigenvalue weighted by molar-refractivity contribution is 5.92. The number of hydrogen-bond acceptors (Lipinski definition) is 5. The number of aromatic carboxylic acids is 2. The fraction of sp³-hybridized carbons (Fsp3) is 0.118. The molecule has 0 bridgehead atoms. The van der Waals surface area contributed by atoms with Crippen molar-refractivity contribution in [1.82, 2.24) is 0 Å². The molecule has 0 saturated carbocycles. The van der Waals surface area contributed by atoms with Crippen LogP contribution in [0.1, 0.15) is 31.8 Å². The highest BCUT2D eigenvalue weighted by Gasteiger charge is 2.15. The minimum atomic E-state index is -1.28. The van der Waals surface area contributed by atoms with Crippen LogP contribution in [0.4, 0.5) is 0 Å². The van der Waals surface area contributed by atoms with Gasteiger partial charge in [-0.25, -0.2) is 14.4 Å². The van der Waals surface area contributed by atoms with Crippen LogP contribution in [0.25, 0.3) is 0 Å². The molecule has 0 fully saturated rings. The summed E-state index contributed by atoms with van der Waals surface area (Å²) in [7, 11) is 0. The van der Waals surface area contributed by atoms with Crippen LogP contribution in [0.5, 0.6) is 11.5 Å². The number of phenols is 1. The van der Waals surface area contributed by atoms with Crippen LogP contribution in [-0.2, 0) is 11.2 Å². The van der Waals surface area contributed by atoms with Crippen LogP contribution in [0, 0.1) is 0 Å². The lowest BCUT2D eigenvalue weighted by atomic mass is 10.00. The van der Waals surface area contributed by atoms with Crippen molar-refractivity contribution in [1.29, 1.82) is 0 Å². The van der Waals surface area contributed by atoms with E-state index in [1.165, 1.54) is 30.3 Å². The third-order valence-corrected chi connectivity index (χ3v) is 3.33.